The van der Waals surface area contributed by atoms with Gasteiger partial charge in [-0.2, -0.15) is 0 Å². The van der Waals surface area contributed by atoms with Crippen LogP contribution in [0.1, 0.15) is 36.6 Å². The van der Waals surface area contributed by atoms with Crippen molar-refractivity contribution in [3.05, 3.63) is 29.6 Å². The van der Waals surface area contributed by atoms with E-state index in [0.29, 0.717) is 18.6 Å². The van der Waals surface area contributed by atoms with Crippen molar-refractivity contribution in [2.75, 3.05) is 13.7 Å². The summed E-state index contributed by atoms with van der Waals surface area (Å²) < 4.78 is 0. The number of hydrogen-bond acceptors (Lipinski definition) is 3. The molecule has 0 saturated carbocycles. The highest BCUT2D eigenvalue weighted by molar-refractivity contribution is 5.26. The average molecular weight is 220 g/mol. The lowest BCUT2D eigenvalue weighted by Gasteiger charge is -2.32. The number of hydrogen-bond donors (Lipinski definition) is 2. The summed E-state index contributed by atoms with van der Waals surface area (Å²) in [7, 11) is 2.00. The van der Waals surface area contributed by atoms with Crippen molar-refractivity contribution in [2.24, 2.45) is 5.92 Å². The smallest absolute Gasteiger partial charge is 0.0607 e. The second-order valence-corrected chi connectivity index (χ2v) is 4.48. The van der Waals surface area contributed by atoms with Crippen molar-refractivity contribution in [2.45, 2.75) is 31.7 Å². The lowest BCUT2D eigenvalue weighted by atomic mass is 9.80. The van der Waals surface area contributed by atoms with Crippen LogP contribution in [0.25, 0.3) is 0 Å². The Labute approximate surface area is 96.9 Å². The Bertz CT molecular complexity index is 340. The molecule has 16 heavy (non-hydrogen) atoms. The normalized spacial score (nSPS) is 24.1. The van der Waals surface area contributed by atoms with Gasteiger partial charge in [-0.1, -0.05) is 6.07 Å². The van der Waals surface area contributed by atoms with Gasteiger partial charge in [0, 0.05) is 12.8 Å². The Balaban J connectivity index is 2.16. The third-order valence-electron chi connectivity index (χ3n) is 3.52. The number of pyridine rings is 1. The number of aliphatic hydroxyl groups excluding tert-OH is 1. The number of aromatic nitrogens is 1. The Morgan fingerprint density at radius 1 is 1.56 bits per heavy atom. The number of aliphatic hydroxyl groups is 1. The molecule has 3 nitrogen and oxygen atoms in total. The van der Waals surface area contributed by atoms with Crippen LogP contribution in [0, 0.1) is 5.92 Å². The molecule has 0 spiro atoms. The molecule has 0 saturated heterocycles. The minimum atomic E-state index is 0.294. The van der Waals surface area contributed by atoms with Crippen LogP contribution in [0.3, 0.4) is 0 Å². The standard InChI is InChI=1S/C13H20N2O/c1-14-12-10(5-3-9-16)6-7-11-4-2-8-15-13(11)12/h2,4,8,10,12,14,16H,3,5-7,9H2,1H3/t10-,12-/m0/s1. The van der Waals surface area contributed by atoms with Crippen molar-refractivity contribution in [1.82, 2.24) is 10.3 Å². The summed E-state index contributed by atoms with van der Waals surface area (Å²) in [6.07, 6.45) is 6.17. The van der Waals surface area contributed by atoms with E-state index in [1.165, 1.54) is 17.7 Å². The molecule has 3 heteroatoms. The molecule has 0 aliphatic heterocycles. The molecule has 0 amide bonds. The van der Waals surface area contributed by atoms with Crippen molar-refractivity contribution >= 4 is 0 Å². The number of nitrogens with one attached hydrogen (secondary N) is 1. The van der Waals surface area contributed by atoms with Crippen molar-refractivity contribution in [3.63, 3.8) is 0 Å². The van der Waals surface area contributed by atoms with E-state index in [1.54, 1.807) is 0 Å². The van der Waals surface area contributed by atoms with Gasteiger partial charge in [-0.05, 0) is 50.3 Å². The van der Waals surface area contributed by atoms with Gasteiger partial charge in [-0.25, -0.2) is 0 Å². The molecule has 2 atom stereocenters. The van der Waals surface area contributed by atoms with E-state index in [2.05, 4.69) is 16.4 Å². The van der Waals surface area contributed by atoms with E-state index in [9.17, 15) is 0 Å². The summed E-state index contributed by atoms with van der Waals surface area (Å²) in [5.41, 5.74) is 2.58. The zero-order valence-corrected chi connectivity index (χ0v) is 9.82. The maximum Gasteiger partial charge on any atom is 0.0607 e. The van der Waals surface area contributed by atoms with Gasteiger partial charge in [0.2, 0.25) is 0 Å². The fraction of sp³-hybridized carbons (Fsp3) is 0.615. The van der Waals surface area contributed by atoms with E-state index < -0.39 is 0 Å². The van der Waals surface area contributed by atoms with Crippen LogP contribution >= 0.6 is 0 Å². The molecular formula is C13H20N2O. The van der Waals surface area contributed by atoms with Crippen LogP contribution in [0.5, 0.6) is 0 Å². The largest absolute Gasteiger partial charge is 0.396 e. The molecule has 2 N–H and O–H groups in total. The summed E-state index contributed by atoms with van der Waals surface area (Å²) in [4.78, 5) is 4.50. The molecule has 1 aliphatic rings. The molecule has 0 bridgehead atoms. The van der Waals surface area contributed by atoms with Gasteiger partial charge in [0.25, 0.3) is 0 Å². The molecule has 0 fully saturated rings. The zero-order valence-electron chi connectivity index (χ0n) is 9.82. The van der Waals surface area contributed by atoms with E-state index in [1.807, 2.05) is 19.3 Å². The van der Waals surface area contributed by atoms with Crippen molar-refractivity contribution in [3.8, 4) is 0 Å². The number of aryl methyl sites for hydroxylation is 1. The van der Waals surface area contributed by atoms with Crippen LogP contribution in [0.4, 0.5) is 0 Å². The molecule has 1 aromatic rings. The van der Waals surface area contributed by atoms with Gasteiger partial charge >= 0.3 is 0 Å². The minimum Gasteiger partial charge on any atom is -0.396 e. The third kappa shape index (κ3) is 2.25. The van der Waals surface area contributed by atoms with Crippen molar-refractivity contribution < 1.29 is 5.11 Å². The van der Waals surface area contributed by atoms with Gasteiger partial charge < -0.3 is 10.4 Å². The van der Waals surface area contributed by atoms with Crippen LogP contribution < -0.4 is 5.32 Å². The first kappa shape index (κ1) is 11.6. The molecule has 88 valence electrons. The average Bonchev–Trinajstić information content (AvgIpc) is 2.35. The lowest BCUT2D eigenvalue weighted by Crippen LogP contribution is -2.31. The zero-order chi connectivity index (χ0) is 11.4. The van der Waals surface area contributed by atoms with E-state index in [-0.39, 0.29) is 0 Å². The first-order valence-electron chi connectivity index (χ1n) is 6.08. The fourth-order valence-electron chi connectivity index (χ4n) is 2.71. The SMILES string of the molecule is CN[C@@H]1c2ncccc2CC[C@@H]1CCCO. The van der Waals surface area contributed by atoms with Gasteiger partial charge in [0.05, 0.1) is 11.7 Å². The van der Waals surface area contributed by atoms with Gasteiger partial charge in [0.1, 0.15) is 0 Å². The maximum absolute atomic E-state index is 8.92. The third-order valence-corrected chi connectivity index (χ3v) is 3.52. The summed E-state index contributed by atoms with van der Waals surface area (Å²) in [6, 6.07) is 4.55. The lowest BCUT2D eigenvalue weighted by molar-refractivity contribution is 0.243. The summed E-state index contributed by atoms with van der Waals surface area (Å²) in [6.45, 7) is 0.294. The highest BCUT2D eigenvalue weighted by atomic mass is 16.2. The highest BCUT2D eigenvalue weighted by Crippen LogP contribution is 2.35. The molecule has 1 aliphatic carbocycles. The van der Waals surface area contributed by atoms with Crippen LogP contribution in [0.15, 0.2) is 18.3 Å². The molecular weight excluding hydrogens is 200 g/mol. The molecule has 1 aromatic heterocycles. The first-order valence-corrected chi connectivity index (χ1v) is 6.08. The monoisotopic (exact) mass is 220 g/mol. The van der Waals surface area contributed by atoms with E-state index in [4.69, 9.17) is 5.11 Å². The minimum absolute atomic E-state index is 0.294. The van der Waals surface area contributed by atoms with Gasteiger partial charge in [0.15, 0.2) is 0 Å². The highest BCUT2D eigenvalue weighted by Gasteiger charge is 2.28. The first-order chi connectivity index (χ1) is 7.86. The second-order valence-electron chi connectivity index (χ2n) is 4.48. The number of fused-ring (bicyclic) bond motifs is 1. The molecule has 0 unspecified atom stereocenters. The Hall–Kier alpha value is -0.930. The maximum atomic E-state index is 8.92. The van der Waals surface area contributed by atoms with E-state index >= 15 is 0 Å². The predicted octanol–water partition coefficient (Wildman–Crippen LogP) is 1.68. The van der Waals surface area contributed by atoms with Crippen LogP contribution in [0.2, 0.25) is 0 Å². The second kappa shape index (κ2) is 5.41. The fourth-order valence-corrected chi connectivity index (χ4v) is 2.71. The molecule has 0 aromatic carbocycles. The van der Waals surface area contributed by atoms with Gasteiger partial charge in [-0.15, -0.1) is 0 Å². The molecule has 0 radical (unpaired) electrons. The quantitative estimate of drug-likeness (QED) is 0.811. The topological polar surface area (TPSA) is 45.2 Å². The van der Waals surface area contributed by atoms with Crippen LogP contribution in [-0.2, 0) is 6.42 Å². The predicted molar refractivity (Wildman–Crippen MR) is 64.2 cm³/mol. The number of rotatable bonds is 4. The molecule has 1 heterocycles. The van der Waals surface area contributed by atoms with Gasteiger partial charge in [-0.3, -0.25) is 4.98 Å². The summed E-state index contributed by atoms with van der Waals surface area (Å²) in [5.74, 6) is 0.611. The Kier molecular flexibility index (Phi) is 3.91. The van der Waals surface area contributed by atoms with E-state index in [0.717, 1.165) is 19.3 Å². The van der Waals surface area contributed by atoms with Crippen LogP contribution in [-0.4, -0.2) is 23.7 Å². The molecule has 2 rings (SSSR count). The summed E-state index contributed by atoms with van der Waals surface area (Å²) >= 11 is 0. The Morgan fingerprint density at radius 2 is 2.44 bits per heavy atom. The summed E-state index contributed by atoms with van der Waals surface area (Å²) in [5, 5.41) is 12.3. The Morgan fingerprint density at radius 3 is 3.19 bits per heavy atom. The van der Waals surface area contributed by atoms with Crippen molar-refractivity contribution in [1.29, 1.82) is 0 Å². The number of nitrogens with zero attached hydrogens (tertiary/aromatic N) is 1.